The van der Waals surface area contributed by atoms with Crippen LogP contribution >= 0.6 is 0 Å². The molecule has 2 aromatic rings. The Kier molecular flexibility index (Phi) is 10.2. The minimum atomic E-state index is -1.38. The zero-order valence-electron chi connectivity index (χ0n) is 21.4. The SMILES string of the molecule is CC(C)C(N)C(=O)NC(CC(N)=O)C(=O)NC(Cc1c[nH]c2ccccc12)C(=O)NC(C(=O)O)C(C)C. The number of hydrogen-bond acceptors (Lipinski definition) is 6. The number of aliphatic carboxylic acids is 1. The number of nitrogens with one attached hydrogen (secondary N) is 4. The Balaban J connectivity index is 2.34. The lowest BCUT2D eigenvalue weighted by molar-refractivity contribution is -0.143. The van der Waals surface area contributed by atoms with Crippen molar-refractivity contribution in [3.63, 3.8) is 0 Å². The van der Waals surface area contributed by atoms with Gasteiger partial charge >= 0.3 is 5.97 Å². The first-order valence-electron chi connectivity index (χ1n) is 12.0. The summed E-state index contributed by atoms with van der Waals surface area (Å²) in [5.74, 6) is -4.95. The highest BCUT2D eigenvalue weighted by Crippen LogP contribution is 2.19. The van der Waals surface area contributed by atoms with Crippen molar-refractivity contribution in [2.75, 3.05) is 0 Å². The van der Waals surface area contributed by atoms with Crippen molar-refractivity contribution in [2.45, 2.75) is 64.7 Å². The van der Waals surface area contributed by atoms with Gasteiger partial charge in [-0.3, -0.25) is 19.2 Å². The lowest BCUT2D eigenvalue weighted by Crippen LogP contribution is -2.59. The molecule has 0 spiro atoms. The van der Waals surface area contributed by atoms with Gasteiger partial charge in [0, 0.05) is 23.5 Å². The number of hydrogen-bond donors (Lipinski definition) is 7. The zero-order valence-corrected chi connectivity index (χ0v) is 21.4. The van der Waals surface area contributed by atoms with Crippen LogP contribution in [-0.4, -0.2) is 63.9 Å². The molecule has 0 fully saturated rings. The number of carboxylic acids is 1. The molecule has 4 unspecified atom stereocenters. The Morgan fingerprint density at radius 2 is 1.49 bits per heavy atom. The van der Waals surface area contributed by atoms with E-state index in [4.69, 9.17) is 11.5 Å². The van der Waals surface area contributed by atoms with Crippen LogP contribution in [0.25, 0.3) is 10.9 Å². The molecule has 4 atom stereocenters. The fraction of sp³-hybridized carbons (Fsp3) is 0.480. The fourth-order valence-corrected chi connectivity index (χ4v) is 3.75. The molecule has 1 heterocycles. The normalized spacial score (nSPS) is 14.6. The van der Waals surface area contributed by atoms with E-state index in [-0.39, 0.29) is 12.3 Å². The molecule has 0 saturated heterocycles. The van der Waals surface area contributed by atoms with Crippen LogP contribution in [0, 0.1) is 11.8 Å². The molecule has 0 bridgehead atoms. The lowest BCUT2D eigenvalue weighted by atomic mass is 10.0. The first-order chi connectivity index (χ1) is 17.3. The molecule has 0 radical (unpaired) electrons. The number of carbonyl (C=O) groups excluding carboxylic acids is 4. The third kappa shape index (κ3) is 8.04. The number of benzene rings is 1. The number of aromatic amines is 1. The number of rotatable bonds is 13. The van der Waals surface area contributed by atoms with E-state index >= 15 is 0 Å². The molecule has 12 heteroatoms. The largest absolute Gasteiger partial charge is 0.480 e. The quantitative estimate of drug-likeness (QED) is 0.190. The number of aromatic nitrogens is 1. The summed E-state index contributed by atoms with van der Waals surface area (Å²) in [6.45, 7) is 6.73. The molecule has 1 aromatic carbocycles. The molecule has 12 nitrogen and oxygen atoms in total. The maximum Gasteiger partial charge on any atom is 0.326 e. The van der Waals surface area contributed by atoms with Gasteiger partial charge in [-0.25, -0.2) is 4.79 Å². The van der Waals surface area contributed by atoms with Gasteiger partial charge in [0.25, 0.3) is 0 Å². The monoisotopic (exact) mass is 516 g/mol. The predicted octanol–water partition coefficient (Wildman–Crippen LogP) is -0.236. The van der Waals surface area contributed by atoms with E-state index in [0.29, 0.717) is 5.56 Å². The zero-order chi connectivity index (χ0) is 27.9. The number of nitrogens with two attached hydrogens (primary N) is 2. The second kappa shape index (κ2) is 12.9. The van der Waals surface area contributed by atoms with Gasteiger partial charge in [0.15, 0.2) is 0 Å². The molecule has 4 amide bonds. The van der Waals surface area contributed by atoms with E-state index in [0.717, 1.165) is 10.9 Å². The van der Waals surface area contributed by atoms with Gasteiger partial charge in [-0.05, 0) is 23.5 Å². The van der Waals surface area contributed by atoms with E-state index in [9.17, 15) is 29.1 Å². The smallest absolute Gasteiger partial charge is 0.326 e. The Hall–Kier alpha value is -3.93. The summed E-state index contributed by atoms with van der Waals surface area (Å²) in [6, 6.07) is 2.62. The predicted molar refractivity (Wildman–Crippen MR) is 137 cm³/mol. The van der Waals surface area contributed by atoms with Gasteiger partial charge in [0.05, 0.1) is 12.5 Å². The van der Waals surface area contributed by atoms with Crippen molar-refractivity contribution in [2.24, 2.45) is 23.3 Å². The minimum absolute atomic E-state index is 0.00870. The maximum absolute atomic E-state index is 13.2. The maximum atomic E-state index is 13.2. The van der Waals surface area contributed by atoms with Crippen LogP contribution in [-0.2, 0) is 30.4 Å². The Bertz CT molecular complexity index is 1140. The first-order valence-corrected chi connectivity index (χ1v) is 12.0. The molecule has 9 N–H and O–H groups in total. The first kappa shape index (κ1) is 29.3. The molecule has 0 aliphatic rings. The number of amides is 4. The number of carbonyl (C=O) groups is 5. The summed E-state index contributed by atoms with van der Waals surface area (Å²) in [7, 11) is 0. The van der Waals surface area contributed by atoms with Crippen LogP contribution in [0.1, 0.15) is 39.7 Å². The molecule has 0 aliphatic carbocycles. The van der Waals surface area contributed by atoms with Crippen molar-refractivity contribution < 1.29 is 29.1 Å². The topological polar surface area (TPSA) is 209 Å². The molecule has 0 saturated carbocycles. The third-order valence-electron chi connectivity index (χ3n) is 6.02. The lowest BCUT2D eigenvalue weighted by Gasteiger charge is -2.26. The van der Waals surface area contributed by atoms with Crippen molar-refractivity contribution in [1.29, 1.82) is 0 Å². The summed E-state index contributed by atoms with van der Waals surface area (Å²) in [5, 5.41) is 17.8. The third-order valence-corrected chi connectivity index (χ3v) is 6.02. The average molecular weight is 517 g/mol. The van der Waals surface area contributed by atoms with Gasteiger partial charge < -0.3 is 37.5 Å². The van der Waals surface area contributed by atoms with E-state index in [1.165, 1.54) is 0 Å². The molecule has 0 aliphatic heterocycles. The van der Waals surface area contributed by atoms with Crippen molar-refractivity contribution in [3.05, 3.63) is 36.0 Å². The molecule has 202 valence electrons. The van der Waals surface area contributed by atoms with E-state index in [1.807, 2.05) is 24.3 Å². The fourth-order valence-electron chi connectivity index (χ4n) is 3.75. The summed E-state index contributed by atoms with van der Waals surface area (Å²) < 4.78 is 0. The summed E-state index contributed by atoms with van der Waals surface area (Å²) >= 11 is 0. The molecule has 2 rings (SSSR count). The summed E-state index contributed by atoms with van der Waals surface area (Å²) in [6.07, 6.45) is 1.18. The minimum Gasteiger partial charge on any atom is -0.480 e. The van der Waals surface area contributed by atoms with Crippen molar-refractivity contribution in [1.82, 2.24) is 20.9 Å². The number of primary amides is 1. The van der Waals surface area contributed by atoms with Crippen LogP contribution in [0.5, 0.6) is 0 Å². The highest BCUT2D eigenvalue weighted by Gasteiger charge is 2.32. The van der Waals surface area contributed by atoms with Crippen LogP contribution < -0.4 is 27.4 Å². The van der Waals surface area contributed by atoms with E-state index in [1.54, 1.807) is 33.9 Å². The van der Waals surface area contributed by atoms with Gasteiger partial charge in [-0.15, -0.1) is 0 Å². The second-order valence-electron chi connectivity index (χ2n) is 9.69. The van der Waals surface area contributed by atoms with Crippen LogP contribution in [0.15, 0.2) is 30.5 Å². The number of H-pyrrole nitrogens is 1. The van der Waals surface area contributed by atoms with Crippen LogP contribution in [0.2, 0.25) is 0 Å². The number of fused-ring (bicyclic) bond motifs is 1. The van der Waals surface area contributed by atoms with Crippen molar-refractivity contribution >= 4 is 40.5 Å². The average Bonchev–Trinajstić information content (AvgIpc) is 3.22. The van der Waals surface area contributed by atoms with Crippen molar-refractivity contribution in [3.8, 4) is 0 Å². The second-order valence-corrected chi connectivity index (χ2v) is 9.69. The van der Waals surface area contributed by atoms with E-state index < -0.39 is 66.1 Å². The van der Waals surface area contributed by atoms with Crippen LogP contribution in [0.4, 0.5) is 0 Å². The van der Waals surface area contributed by atoms with E-state index in [2.05, 4.69) is 20.9 Å². The Morgan fingerprint density at radius 3 is 2.05 bits per heavy atom. The summed E-state index contributed by atoms with van der Waals surface area (Å²) in [5.41, 5.74) is 12.7. The highest BCUT2D eigenvalue weighted by atomic mass is 16.4. The number of carboxylic acid groups (broad SMARTS) is 1. The summed E-state index contributed by atoms with van der Waals surface area (Å²) in [4.78, 5) is 65.3. The van der Waals surface area contributed by atoms with Gasteiger partial charge in [-0.1, -0.05) is 45.9 Å². The molecular formula is C25H36N6O6. The molecule has 37 heavy (non-hydrogen) atoms. The Labute approximate surface area is 214 Å². The molecular weight excluding hydrogens is 480 g/mol. The van der Waals surface area contributed by atoms with Gasteiger partial charge in [0.1, 0.15) is 18.1 Å². The highest BCUT2D eigenvalue weighted by molar-refractivity contribution is 5.96. The van der Waals surface area contributed by atoms with Gasteiger partial charge in [0.2, 0.25) is 23.6 Å². The number of para-hydroxylation sites is 1. The standard InChI is InChI=1S/C25H36N6O6/c1-12(2)20(27)24(35)30-18(10-19(26)32)22(33)29-17(23(34)31-21(13(3)4)25(36)37)9-14-11-28-16-8-6-5-7-15(14)16/h5-8,11-13,17-18,20-21,28H,9-10,27H2,1-4H3,(H2,26,32)(H,29,33)(H,30,35)(H,31,34)(H,36,37). The Morgan fingerprint density at radius 1 is 0.892 bits per heavy atom. The van der Waals surface area contributed by atoms with Gasteiger partial charge in [-0.2, -0.15) is 0 Å². The van der Waals surface area contributed by atoms with Crippen LogP contribution in [0.3, 0.4) is 0 Å². The molecule has 1 aromatic heterocycles.